The third kappa shape index (κ3) is 15.0. The van der Waals surface area contributed by atoms with Gasteiger partial charge in [-0.15, -0.1) is 0 Å². The van der Waals surface area contributed by atoms with Crippen LogP contribution < -0.4 is 26.3 Å². The van der Waals surface area contributed by atoms with Crippen LogP contribution in [-0.4, -0.2) is 141 Å². The van der Waals surface area contributed by atoms with E-state index in [2.05, 4.69) is 36.9 Å². The topological polar surface area (TPSA) is 224 Å². The maximum atomic E-state index is 16.0. The number of aliphatic hydroxyl groups is 1. The van der Waals surface area contributed by atoms with Gasteiger partial charge in [-0.2, -0.15) is 40.2 Å². The predicted octanol–water partition coefficient (Wildman–Crippen LogP) is 6.78. The number of methoxy groups -OCH3 is 1. The summed E-state index contributed by atoms with van der Waals surface area (Å²) in [6.07, 6.45) is -12.5. The highest BCUT2D eigenvalue weighted by molar-refractivity contribution is 5.87. The number of carbonyl (C=O) groups is 5. The van der Waals surface area contributed by atoms with Crippen LogP contribution in [0.3, 0.4) is 0 Å². The van der Waals surface area contributed by atoms with E-state index in [1.807, 2.05) is 21.7 Å². The van der Waals surface area contributed by atoms with E-state index >= 15 is 8.78 Å². The van der Waals surface area contributed by atoms with Crippen LogP contribution in [0.1, 0.15) is 69.8 Å². The third-order valence-electron chi connectivity index (χ3n) is 14.1. The van der Waals surface area contributed by atoms with Gasteiger partial charge in [0.15, 0.2) is 0 Å². The first kappa shape index (κ1) is 61.5. The maximum Gasteiger partial charge on any atom is 0.407 e. The highest BCUT2D eigenvalue weighted by Gasteiger charge is 2.57. The van der Waals surface area contributed by atoms with Crippen molar-refractivity contribution in [2.75, 3.05) is 44.7 Å². The quantitative estimate of drug-likeness (QED) is 0.0345. The first-order valence-corrected chi connectivity index (χ1v) is 24.7. The molecule has 2 aromatic carbocycles. The van der Waals surface area contributed by atoms with Crippen molar-refractivity contribution in [3.05, 3.63) is 101 Å². The van der Waals surface area contributed by atoms with E-state index in [1.165, 1.54) is 29.6 Å². The van der Waals surface area contributed by atoms with Gasteiger partial charge in [-0.3, -0.25) is 19.8 Å². The van der Waals surface area contributed by atoms with Crippen LogP contribution in [0.25, 0.3) is 11.1 Å². The van der Waals surface area contributed by atoms with Gasteiger partial charge in [0, 0.05) is 80.8 Å². The standard InChI is InChI=1S/C52H58F10N10O8/c1-28(73)69-21-32-15-33(22-69)24-70(23-32)41-14-13-31(19-63-41)12-9-29-7-10-30(11-8-29)16-39(65-44(75)42(67-48(79)80-6)49(2,3)51(57,58)59)40(74)27-71(68-45(76)43(66-47(77)78)50(4,5)52(60,61)62)26-36-37(53)17-34(18-38(36)54)35-20-64-72(25-35)46(55)56/h7-8,10-11,13-14,17-20,25,32-33,39-40,42-43,46,66,74H,15-16,21-24,26-27H2,1-6H3,(H,65,75)(H,67,79)(H,68,76)(H,77,78)/t32?,33?,39-,40-,42+,43+/m0/s1. The number of likely N-dealkylation sites (tertiary alicyclic amines) is 1. The van der Waals surface area contributed by atoms with Crippen molar-refractivity contribution in [1.29, 1.82) is 0 Å². The molecule has 4 heterocycles. The Labute approximate surface area is 452 Å². The Hall–Kier alpha value is -7.67. The molecule has 0 radical (unpaired) electrons. The Bertz CT molecular complexity index is 2910. The van der Waals surface area contributed by atoms with Crippen molar-refractivity contribution in [2.45, 2.75) is 97.1 Å². The Morgan fingerprint density at radius 1 is 0.787 bits per heavy atom. The second kappa shape index (κ2) is 24.8. The van der Waals surface area contributed by atoms with Gasteiger partial charge in [-0.1, -0.05) is 24.0 Å². The fraction of sp³-hybridized carbons (Fsp3) is 0.481. The number of amides is 5. The van der Waals surface area contributed by atoms with E-state index in [9.17, 15) is 69.3 Å². The van der Waals surface area contributed by atoms with Crippen LogP contribution in [0.15, 0.2) is 67.1 Å². The highest BCUT2D eigenvalue weighted by atomic mass is 19.4. The summed E-state index contributed by atoms with van der Waals surface area (Å²) in [6.45, 7) is 0.967. The number of nitrogens with zero attached hydrogens (tertiary/aromatic N) is 6. The zero-order valence-electron chi connectivity index (χ0n) is 43.9. The zero-order chi connectivity index (χ0) is 59.2. The molecule has 5 amide bonds. The van der Waals surface area contributed by atoms with Crippen LogP contribution in [0.5, 0.6) is 0 Å². The summed E-state index contributed by atoms with van der Waals surface area (Å²) in [5.74, 6) is 1.13. The molecule has 80 heavy (non-hydrogen) atoms. The third-order valence-corrected chi connectivity index (χ3v) is 14.1. The lowest BCUT2D eigenvalue weighted by molar-refractivity contribution is -0.221. The Kier molecular flexibility index (Phi) is 19.1. The van der Waals surface area contributed by atoms with Gasteiger partial charge in [-0.05, 0) is 99.9 Å². The van der Waals surface area contributed by atoms with E-state index in [0.717, 1.165) is 44.8 Å². The van der Waals surface area contributed by atoms with Crippen molar-refractivity contribution < 1.29 is 82.8 Å². The molecule has 0 saturated carbocycles. The number of hydrogen-bond acceptors (Lipinski definition) is 11. The van der Waals surface area contributed by atoms with Crippen LogP contribution in [0.2, 0.25) is 0 Å². The number of aliphatic hydroxyl groups excluding tert-OH is 1. The van der Waals surface area contributed by atoms with Crippen LogP contribution in [0.4, 0.5) is 59.3 Å². The molecule has 434 valence electrons. The molecule has 2 aliphatic rings. The number of carboxylic acid groups (broad SMARTS) is 1. The lowest BCUT2D eigenvalue weighted by atomic mass is 9.82. The van der Waals surface area contributed by atoms with E-state index in [-0.39, 0.29) is 27.3 Å². The number of carbonyl (C=O) groups excluding carboxylic acids is 4. The van der Waals surface area contributed by atoms with Crippen LogP contribution in [-0.2, 0) is 32.1 Å². The van der Waals surface area contributed by atoms with Gasteiger partial charge >= 0.3 is 31.1 Å². The Morgan fingerprint density at radius 3 is 1.85 bits per heavy atom. The van der Waals surface area contributed by atoms with E-state index in [1.54, 1.807) is 19.2 Å². The molecule has 4 aromatic rings. The molecule has 28 heteroatoms. The second-order valence-corrected chi connectivity index (χ2v) is 20.7. The first-order chi connectivity index (χ1) is 37.3. The summed E-state index contributed by atoms with van der Waals surface area (Å²) in [6, 6.07) is 3.90. The molecule has 18 nitrogen and oxygen atoms in total. The molecule has 2 saturated heterocycles. The number of hydrogen-bond donors (Lipinski definition) is 6. The lowest BCUT2D eigenvalue weighted by Crippen LogP contribution is -2.63. The molecule has 2 fully saturated rings. The molecule has 0 aliphatic carbocycles. The number of benzene rings is 2. The average Bonchev–Trinajstić information content (AvgIpc) is 3.98. The molecular weight excluding hydrogens is 1080 g/mol. The number of ether oxygens (including phenoxy) is 1. The van der Waals surface area contributed by atoms with Crippen molar-refractivity contribution in [3.8, 4) is 23.0 Å². The van der Waals surface area contributed by atoms with E-state index in [0.29, 0.717) is 80.9 Å². The van der Waals surface area contributed by atoms with Gasteiger partial charge < -0.3 is 40.7 Å². The summed E-state index contributed by atoms with van der Waals surface area (Å²) >= 11 is 0. The number of hydrazine groups is 1. The average molecular weight is 1140 g/mol. The molecule has 2 aromatic heterocycles. The SMILES string of the molecule is COC(=O)N[C@H](C(=O)N[C@@H](Cc1ccc(C#Cc2ccc(N3CC4CC(CN(C(C)=O)C4)C3)nc2)cc1)[C@@H](O)CN(Cc1c(F)cc(-c2cnn(C(F)F)c2)cc1F)NC(=O)[C@@H](NC(=O)O)C(C)(C)C(F)(F)F)C(C)(C)C(F)(F)F. The first-order valence-electron chi connectivity index (χ1n) is 24.7. The van der Waals surface area contributed by atoms with Gasteiger partial charge in [0.1, 0.15) is 29.5 Å². The van der Waals surface area contributed by atoms with Gasteiger partial charge in [-0.25, -0.2) is 33.0 Å². The van der Waals surface area contributed by atoms with Gasteiger partial charge in [0.05, 0.1) is 36.3 Å². The zero-order valence-corrected chi connectivity index (χ0v) is 43.9. The number of aromatic nitrogens is 3. The predicted molar refractivity (Wildman–Crippen MR) is 266 cm³/mol. The summed E-state index contributed by atoms with van der Waals surface area (Å²) in [5, 5.41) is 30.9. The number of anilines is 1. The number of alkyl carbamates (subject to hydrolysis) is 1. The normalized spacial score (nSPS) is 17.4. The number of rotatable bonds is 18. The summed E-state index contributed by atoms with van der Waals surface area (Å²) in [5.41, 5.74) is -4.58. The van der Waals surface area contributed by atoms with E-state index in [4.69, 9.17) is 0 Å². The molecule has 2 aliphatic heterocycles. The number of pyridine rings is 1. The number of fused-ring (bicyclic) bond motifs is 2. The van der Waals surface area contributed by atoms with Crippen LogP contribution >= 0.6 is 0 Å². The minimum absolute atomic E-state index is 0.0458. The van der Waals surface area contributed by atoms with Crippen molar-refractivity contribution in [2.24, 2.45) is 22.7 Å². The number of alkyl halides is 8. The van der Waals surface area contributed by atoms with Gasteiger partial charge in [0.25, 0.3) is 5.91 Å². The number of halogens is 10. The molecule has 2 unspecified atom stereocenters. The van der Waals surface area contributed by atoms with Crippen molar-refractivity contribution in [1.82, 2.24) is 46.0 Å². The minimum Gasteiger partial charge on any atom is -0.465 e. The number of piperidine rings is 2. The fourth-order valence-electron chi connectivity index (χ4n) is 9.25. The Balaban J connectivity index is 1.32. The molecule has 6 N–H and O–H groups in total. The van der Waals surface area contributed by atoms with E-state index < -0.39 is 115 Å². The smallest absolute Gasteiger partial charge is 0.407 e. The second-order valence-electron chi connectivity index (χ2n) is 20.7. The van der Waals surface area contributed by atoms with Crippen molar-refractivity contribution in [3.63, 3.8) is 0 Å². The molecule has 6 rings (SSSR count). The monoisotopic (exact) mass is 1140 g/mol. The summed E-state index contributed by atoms with van der Waals surface area (Å²) in [7, 11) is 0.805. The molecule has 2 bridgehead atoms. The lowest BCUT2D eigenvalue weighted by Gasteiger charge is -2.46. The van der Waals surface area contributed by atoms with Crippen LogP contribution in [0, 0.1) is 46.1 Å². The minimum atomic E-state index is -5.29. The molecular formula is C52H58F10N10O8. The maximum absolute atomic E-state index is 16.0. The largest absolute Gasteiger partial charge is 0.465 e. The number of nitrogens with one attached hydrogen (secondary N) is 4. The fourth-order valence-corrected chi connectivity index (χ4v) is 9.25. The molecule has 0 spiro atoms. The van der Waals surface area contributed by atoms with Gasteiger partial charge in [0.2, 0.25) is 11.8 Å². The highest BCUT2D eigenvalue weighted by Crippen LogP contribution is 2.42. The van der Waals surface area contributed by atoms with Crippen molar-refractivity contribution >= 4 is 35.7 Å². The Morgan fingerprint density at radius 2 is 1.35 bits per heavy atom. The molecule has 6 atom stereocenters. The summed E-state index contributed by atoms with van der Waals surface area (Å²) < 4.78 is 150. The summed E-state index contributed by atoms with van der Waals surface area (Å²) in [4.78, 5) is 72.7.